The van der Waals surface area contributed by atoms with E-state index in [1.54, 1.807) is 0 Å². The fourth-order valence-corrected chi connectivity index (χ4v) is 1.42. The first kappa shape index (κ1) is 15.1. The number of rotatable bonds is 2. The molecule has 0 aliphatic carbocycles. The second-order valence-corrected chi connectivity index (χ2v) is 3.42. The van der Waals surface area contributed by atoms with Crippen LogP contribution in [0.5, 0.6) is 0 Å². The fraction of sp³-hybridized carbons (Fsp3) is 0.182. The summed E-state index contributed by atoms with van der Waals surface area (Å²) in [6.07, 6.45) is -11.1. The Hall–Kier alpha value is -1.99. The van der Waals surface area contributed by atoms with Gasteiger partial charge < -0.3 is 5.11 Å². The van der Waals surface area contributed by atoms with Crippen LogP contribution in [-0.4, -0.2) is 23.4 Å². The van der Waals surface area contributed by atoms with E-state index in [0.717, 1.165) is 24.3 Å². The maximum absolute atomic E-state index is 12.7. The highest BCUT2D eigenvalue weighted by Gasteiger charge is 2.49. The Bertz CT molecular complexity index is 498. The molecule has 0 aromatic heterocycles. The zero-order chi connectivity index (χ0) is 14.8. The molecule has 0 radical (unpaired) electrons. The highest BCUT2D eigenvalue weighted by Crippen LogP contribution is 2.41. The summed E-state index contributed by atoms with van der Waals surface area (Å²) in [6, 6.07) is 4.98. The van der Waals surface area contributed by atoms with Crippen molar-refractivity contribution in [2.45, 2.75) is 12.4 Å². The summed E-state index contributed by atoms with van der Waals surface area (Å²) in [6.45, 7) is 0. The molecule has 0 bridgehead atoms. The van der Waals surface area contributed by atoms with Crippen molar-refractivity contribution < 1.29 is 36.2 Å². The van der Waals surface area contributed by atoms with Gasteiger partial charge in [0.2, 0.25) is 0 Å². The highest BCUT2D eigenvalue weighted by atomic mass is 19.4. The van der Waals surface area contributed by atoms with Crippen LogP contribution < -0.4 is 0 Å². The van der Waals surface area contributed by atoms with Crippen LogP contribution in [0.15, 0.2) is 35.9 Å². The molecule has 0 aliphatic rings. The van der Waals surface area contributed by atoms with Gasteiger partial charge in [0.05, 0.1) is 5.57 Å². The number of hydrogen-bond acceptors (Lipinski definition) is 1. The molecule has 2 nitrogen and oxygen atoms in total. The lowest BCUT2D eigenvalue weighted by atomic mass is 9.99. The van der Waals surface area contributed by atoms with E-state index in [1.807, 2.05) is 0 Å². The predicted octanol–water partition coefficient (Wildman–Crippen LogP) is 3.65. The third kappa shape index (κ3) is 3.49. The Kier molecular flexibility index (Phi) is 3.92. The minimum Gasteiger partial charge on any atom is -0.478 e. The molecule has 0 amide bonds. The molecule has 0 saturated carbocycles. The van der Waals surface area contributed by atoms with Gasteiger partial charge >= 0.3 is 18.3 Å². The molecule has 0 atom stereocenters. The van der Waals surface area contributed by atoms with Crippen molar-refractivity contribution in [3.8, 4) is 0 Å². The van der Waals surface area contributed by atoms with Crippen LogP contribution in [0.3, 0.4) is 0 Å². The number of hydrogen-bond donors (Lipinski definition) is 1. The average molecular weight is 284 g/mol. The SMILES string of the molecule is O=C(O)C(=C(c1ccccc1)C(F)(F)F)C(F)(F)F. The summed E-state index contributed by atoms with van der Waals surface area (Å²) in [5, 5.41) is 8.43. The third-order valence-corrected chi connectivity index (χ3v) is 2.09. The smallest absolute Gasteiger partial charge is 0.424 e. The number of carboxylic acids is 1. The van der Waals surface area contributed by atoms with Gasteiger partial charge in [-0.1, -0.05) is 30.3 Å². The zero-order valence-electron chi connectivity index (χ0n) is 9.01. The summed E-state index contributed by atoms with van der Waals surface area (Å²) >= 11 is 0. The Morgan fingerprint density at radius 3 is 1.68 bits per heavy atom. The van der Waals surface area contributed by atoms with E-state index in [4.69, 9.17) is 5.11 Å². The van der Waals surface area contributed by atoms with Crippen LogP contribution in [0.1, 0.15) is 5.56 Å². The number of carboxylic acid groups (broad SMARTS) is 1. The number of allylic oxidation sites excluding steroid dienone is 1. The fourth-order valence-electron chi connectivity index (χ4n) is 1.42. The zero-order valence-corrected chi connectivity index (χ0v) is 9.01. The second kappa shape index (κ2) is 4.94. The lowest BCUT2D eigenvalue weighted by Crippen LogP contribution is -2.26. The van der Waals surface area contributed by atoms with Gasteiger partial charge in [-0.25, -0.2) is 4.79 Å². The molecular formula is C11H6F6O2. The van der Waals surface area contributed by atoms with Gasteiger partial charge in [0.25, 0.3) is 0 Å². The molecule has 0 spiro atoms. The van der Waals surface area contributed by atoms with E-state index >= 15 is 0 Å². The Morgan fingerprint density at radius 2 is 1.37 bits per heavy atom. The number of halogens is 6. The monoisotopic (exact) mass is 284 g/mol. The average Bonchev–Trinajstić information content (AvgIpc) is 2.23. The van der Waals surface area contributed by atoms with Crippen LogP contribution in [0, 0.1) is 0 Å². The Balaban J connectivity index is 3.69. The second-order valence-electron chi connectivity index (χ2n) is 3.42. The minimum absolute atomic E-state index is 0.761. The molecule has 1 rings (SSSR count). The topological polar surface area (TPSA) is 37.3 Å². The number of aliphatic carboxylic acids is 1. The molecule has 0 saturated heterocycles. The first-order valence-electron chi connectivity index (χ1n) is 4.72. The van der Waals surface area contributed by atoms with Crippen LogP contribution in [0.2, 0.25) is 0 Å². The molecule has 1 N–H and O–H groups in total. The largest absolute Gasteiger partial charge is 0.478 e. The summed E-state index contributed by atoms with van der Waals surface area (Å²) in [5.41, 5.74) is -5.70. The van der Waals surface area contributed by atoms with E-state index in [-0.39, 0.29) is 0 Å². The van der Waals surface area contributed by atoms with E-state index in [1.165, 1.54) is 6.07 Å². The van der Waals surface area contributed by atoms with Crippen molar-refractivity contribution >= 4 is 11.5 Å². The van der Waals surface area contributed by atoms with Crippen molar-refractivity contribution in [1.29, 1.82) is 0 Å². The van der Waals surface area contributed by atoms with Gasteiger partial charge in [-0.15, -0.1) is 0 Å². The van der Waals surface area contributed by atoms with E-state index < -0.39 is 35.0 Å². The molecule has 0 fully saturated rings. The molecular weight excluding hydrogens is 278 g/mol. The van der Waals surface area contributed by atoms with Crippen LogP contribution in [0.25, 0.3) is 5.57 Å². The van der Waals surface area contributed by atoms with Crippen molar-refractivity contribution in [1.82, 2.24) is 0 Å². The highest BCUT2D eigenvalue weighted by molar-refractivity contribution is 5.99. The van der Waals surface area contributed by atoms with Crippen LogP contribution >= 0.6 is 0 Å². The predicted molar refractivity (Wildman–Crippen MR) is 53.1 cm³/mol. The van der Waals surface area contributed by atoms with Gasteiger partial charge in [0.15, 0.2) is 5.57 Å². The van der Waals surface area contributed by atoms with Gasteiger partial charge in [-0.2, -0.15) is 26.3 Å². The maximum Gasteiger partial charge on any atom is 0.424 e. The van der Waals surface area contributed by atoms with E-state index in [9.17, 15) is 31.1 Å². The van der Waals surface area contributed by atoms with Crippen LogP contribution in [-0.2, 0) is 4.79 Å². The van der Waals surface area contributed by atoms with Crippen molar-refractivity contribution in [2.75, 3.05) is 0 Å². The summed E-state index contributed by atoms with van der Waals surface area (Å²) in [4.78, 5) is 10.5. The van der Waals surface area contributed by atoms with Gasteiger partial charge in [-0.3, -0.25) is 0 Å². The summed E-state index contributed by atoms with van der Waals surface area (Å²) in [7, 11) is 0. The van der Waals surface area contributed by atoms with Gasteiger partial charge in [0.1, 0.15) is 0 Å². The normalized spacial score (nSPS) is 14.0. The number of benzene rings is 1. The van der Waals surface area contributed by atoms with Gasteiger partial charge in [0, 0.05) is 0 Å². The number of alkyl halides is 6. The Morgan fingerprint density at radius 1 is 0.895 bits per heavy atom. The molecule has 1 aromatic carbocycles. The third-order valence-electron chi connectivity index (χ3n) is 2.09. The van der Waals surface area contributed by atoms with Gasteiger partial charge in [-0.05, 0) is 5.56 Å². The Labute approximate surface area is 103 Å². The molecule has 0 aliphatic heterocycles. The molecule has 19 heavy (non-hydrogen) atoms. The lowest BCUT2D eigenvalue weighted by Gasteiger charge is -2.17. The molecule has 0 unspecified atom stereocenters. The standard InChI is InChI=1S/C11H6F6O2/c12-10(13,14)7(6-4-2-1-3-5-6)8(9(18)19)11(15,16)17/h1-5H,(H,18,19). The summed E-state index contributed by atoms with van der Waals surface area (Å²) < 4.78 is 75.7. The first-order chi connectivity index (χ1) is 8.55. The van der Waals surface area contributed by atoms with E-state index in [2.05, 4.69) is 0 Å². The number of carbonyl (C=O) groups is 1. The minimum atomic E-state index is -5.62. The molecule has 1 aromatic rings. The summed E-state index contributed by atoms with van der Waals surface area (Å²) in [5.74, 6) is -2.68. The molecule has 104 valence electrons. The maximum atomic E-state index is 12.7. The lowest BCUT2D eigenvalue weighted by molar-refractivity contribution is -0.146. The first-order valence-corrected chi connectivity index (χ1v) is 4.72. The van der Waals surface area contributed by atoms with Crippen LogP contribution in [0.4, 0.5) is 26.3 Å². The quantitative estimate of drug-likeness (QED) is 0.665. The van der Waals surface area contributed by atoms with Crippen molar-refractivity contribution in [3.05, 3.63) is 41.5 Å². The van der Waals surface area contributed by atoms with E-state index in [0.29, 0.717) is 0 Å². The molecule has 0 heterocycles. The molecule has 8 heteroatoms. The van der Waals surface area contributed by atoms with Crippen molar-refractivity contribution in [3.63, 3.8) is 0 Å². The van der Waals surface area contributed by atoms with Crippen molar-refractivity contribution in [2.24, 2.45) is 0 Å².